The third kappa shape index (κ3) is 5.17. The SMILES string of the molecule is Nc1ccc(S(=O)(=O)Cc2cc3c(cc2F)COB3O)c(CCNC(=O)C(F)(F)F)c1. The molecule has 1 heterocycles. The molecule has 1 amide bonds. The lowest BCUT2D eigenvalue weighted by molar-refractivity contribution is -0.173. The summed E-state index contributed by atoms with van der Waals surface area (Å²) in [5.74, 6) is -3.71. The van der Waals surface area contributed by atoms with Crippen molar-refractivity contribution in [1.82, 2.24) is 5.32 Å². The van der Waals surface area contributed by atoms with Crippen molar-refractivity contribution in [2.45, 2.75) is 29.9 Å². The number of nitrogen functional groups attached to an aromatic ring is 1. The zero-order valence-corrected chi connectivity index (χ0v) is 16.7. The van der Waals surface area contributed by atoms with Crippen LogP contribution in [0.15, 0.2) is 35.2 Å². The Balaban J connectivity index is 1.85. The van der Waals surface area contributed by atoms with E-state index in [1.165, 1.54) is 24.3 Å². The van der Waals surface area contributed by atoms with Gasteiger partial charge in [-0.05, 0) is 47.3 Å². The molecule has 3 rings (SSSR count). The van der Waals surface area contributed by atoms with Crippen molar-refractivity contribution in [2.75, 3.05) is 12.3 Å². The van der Waals surface area contributed by atoms with Crippen LogP contribution >= 0.6 is 0 Å². The van der Waals surface area contributed by atoms with Gasteiger partial charge in [0.2, 0.25) is 0 Å². The fraction of sp³-hybridized carbons (Fsp3) is 0.278. The molecule has 4 N–H and O–H groups in total. The summed E-state index contributed by atoms with van der Waals surface area (Å²) in [6, 6.07) is 6.03. The Morgan fingerprint density at radius 1 is 1.23 bits per heavy atom. The van der Waals surface area contributed by atoms with Crippen molar-refractivity contribution in [3.63, 3.8) is 0 Å². The van der Waals surface area contributed by atoms with E-state index in [1.54, 1.807) is 5.32 Å². The average Bonchev–Trinajstić information content (AvgIpc) is 3.00. The molecule has 0 radical (unpaired) electrons. The number of carbonyl (C=O) groups excluding carboxylic acids is 1. The minimum Gasteiger partial charge on any atom is -0.423 e. The number of hydrogen-bond donors (Lipinski definition) is 3. The summed E-state index contributed by atoms with van der Waals surface area (Å²) in [4.78, 5) is 10.7. The average molecular weight is 460 g/mol. The van der Waals surface area contributed by atoms with Crippen molar-refractivity contribution < 1.29 is 40.5 Å². The van der Waals surface area contributed by atoms with Crippen LogP contribution in [0.4, 0.5) is 23.2 Å². The van der Waals surface area contributed by atoms with Gasteiger partial charge in [0.15, 0.2) is 9.84 Å². The Morgan fingerprint density at radius 3 is 2.61 bits per heavy atom. The molecule has 0 fully saturated rings. The number of anilines is 1. The van der Waals surface area contributed by atoms with Gasteiger partial charge in [-0.15, -0.1) is 0 Å². The minimum atomic E-state index is -5.07. The molecule has 0 saturated carbocycles. The number of hydrogen-bond acceptors (Lipinski definition) is 6. The largest absolute Gasteiger partial charge is 0.491 e. The van der Waals surface area contributed by atoms with Crippen LogP contribution in [-0.2, 0) is 38.1 Å². The fourth-order valence-corrected chi connectivity index (χ4v) is 4.82. The van der Waals surface area contributed by atoms with Crippen molar-refractivity contribution in [2.24, 2.45) is 0 Å². The zero-order valence-electron chi connectivity index (χ0n) is 15.9. The number of sulfone groups is 1. The highest BCUT2D eigenvalue weighted by molar-refractivity contribution is 7.90. The molecule has 0 aromatic heterocycles. The van der Waals surface area contributed by atoms with E-state index in [0.717, 1.165) is 6.07 Å². The second-order valence-corrected chi connectivity index (χ2v) is 8.89. The molecule has 0 unspecified atom stereocenters. The monoisotopic (exact) mass is 460 g/mol. The molecule has 2 aromatic carbocycles. The third-order valence-corrected chi connectivity index (χ3v) is 6.43. The summed E-state index contributed by atoms with van der Waals surface area (Å²) in [5.41, 5.74) is 6.37. The maximum Gasteiger partial charge on any atom is 0.491 e. The number of benzene rings is 2. The van der Waals surface area contributed by atoms with E-state index in [9.17, 15) is 35.8 Å². The normalized spacial score (nSPS) is 13.9. The second kappa shape index (κ2) is 8.48. The van der Waals surface area contributed by atoms with E-state index in [0.29, 0.717) is 5.56 Å². The first kappa shape index (κ1) is 23.0. The van der Waals surface area contributed by atoms with Crippen LogP contribution < -0.4 is 16.5 Å². The van der Waals surface area contributed by atoms with Crippen LogP contribution in [0.5, 0.6) is 0 Å². The molecule has 31 heavy (non-hydrogen) atoms. The topological polar surface area (TPSA) is 119 Å². The van der Waals surface area contributed by atoms with Crippen molar-refractivity contribution in [3.8, 4) is 0 Å². The van der Waals surface area contributed by atoms with Crippen LogP contribution in [0.3, 0.4) is 0 Å². The van der Waals surface area contributed by atoms with Crippen LogP contribution in [0.25, 0.3) is 0 Å². The second-order valence-electron chi connectivity index (χ2n) is 6.94. The van der Waals surface area contributed by atoms with Gasteiger partial charge in [-0.25, -0.2) is 12.8 Å². The summed E-state index contributed by atoms with van der Waals surface area (Å²) in [6.45, 7) is -0.493. The molecule has 0 saturated heterocycles. The van der Waals surface area contributed by atoms with Crippen LogP contribution in [0.2, 0.25) is 0 Å². The number of nitrogens with one attached hydrogen (secondary N) is 1. The molecule has 1 aliphatic heterocycles. The molecule has 1 aliphatic rings. The number of alkyl halides is 3. The maximum atomic E-state index is 14.4. The quantitative estimate of drug-likeness (QED) is 0.334. The number of rotatable bonds is 6. The smallest absolute Gasteiger partial charge is 0.423 e. The standard InChI is InChI=1S/C18H17BF4N2O5S/c20-15-7-11-8-30-19(27)14(11)6-12(15)9-31(28,29)16-2-1-13(24)5-10(16)3-4-25-17(26)18(21,22)23/h1-2,5-7,27H,3-4,8-9,24H2,(H,25,26). The molecule has 0 spiro atoms. The molecule has 2 aromatic rings. The number of halogens is 4. The number of amides is 1. The first-order chi connectivity index (χ1) is 14.4. The van der Waals surface area contributed by atoms with Gasteiger partial charge in [0, 0.05) is 17.8 Å². The molecule has 166 valence electrons. The molecule has 0 aliphatic carbocycles. The number of nitrogens with two attached hydrogens (primary N) is 1. The van der Waals surface area contributed by atoms with Gasteiger partial charge in [-0.3, -0.25) is 4.79 Å². The Bertz CT molecular complexity index is 1120. The first-order valence-corrected chi connectivity index (χ1v) is 10.6. The number of fused-ring (bicyclic) bond motifs is 1. The molecular weight excluding hydrogens is 443 g/mol. The maximum absolute atomic E-state index is 14.4. The molecule has 13 heteroatoms. The van der Waals surface area contributed by atoms with Crippen LogP contribution in [0.1, 0.15) is 16.7 Å². The van der Waals surface area contributed by atoms with Crippen molar-refractivity contribution in [1.29, 1.82) is 0 Å². The van der Waals surface area contributed by atoms with Crippen molar-refractivity contribution in [3.05, 3.63) is 52.8 Å². The van der Waals surface area contributed by atoms with Gasteiger partial charge in [-0.1, -0.05) is 6.07 Å². The van der Waals surface area contributed by atoms with E-state index in [4.69, 9.17) is 10.4 Å². The van der Waals surface area contributed by atoms with Crippen molar-refractivity contribution >= 4 is 34.0 Å². The Kier molecular flexibility index (Phi) is 6.30. The fourth-order valence-electron chi connectivity index (χ4n) is 3.19. The van der Waals surface area contributed by atoms with Gasteiger partial charge in [0.05, 0.1) is 17.3 Å². The molecule has 7 nitrogen and oxygen atoms in total. The van der Waals surface area contributed by atoms with E-state index in [-0.39, 0.29) is 40.2 Å². The Hall–Kier alpha value is -2.64. The predicted molar refractivity (Wildman–Crippen MR) is 103 cm³/mol. The van der Waals surface area contributed by atoms with Gasteiger partial charge >= 0.3 is 19.2 Å². The Morgan fingerprint density at radius 2 is 1.94 bits per heavy atom. The third-order valence-electron chi connectivity index (χ3n) is 4.67. The highest BCUT2D eigenvalue weighted by Crippen LogP contribution is 2.25. The van der Waals surface area contributed by atoms with Gasteiger partial charge in [-0.2, -0.15) is 13.2 Å². The lowest BCUT2D eigenvalue weighted by atomic mass is 9.79. The first-order valence-electron chi connectivity index (χ1n) is 8.95. The van der Waals surface area contributed by atoms with E-state index < -0.39 is 47.2 Å². The summed E-state index contributed by atoms with van der Waals surface area (Å²) >= 11 is 0. The molecule has 0 atom stereocenters. The minimum absolute atomic E-state index is 0.00773. The summed E-state index contributed by atoms with van der Waals surface area (Å²) in [6.07, 6.45) is -5.31. The Labute approximate surface area is 175 Å². The van der Waals surface area contributed by atoms with E-state index in [2.05, 4.69) is 0 Å². The molecular formula is C18H17BF4N2O5S. The van der Waals surface area contributed by atoms with Gasteiger partial charge in [0.1, 0.15) is 5.82 Å². The number of carbonyl (C=O) groups is 1. The lowest BCUT2D eigenvalue weighted by Gasteiger charge is -2.14. The zero-order chi connectivity index (χ0) is 23.0. The summed E-state index contributed by atoms with van der Waals surface area (Å²) in [5, 5.41) is 11.4. The van der Waals surface area contributed by atoms with E-state index >= 15 is 0 Å². The highest BCUT2D eigenvalue weighted by atomic mass is 32.2. The predicted octanol–water partition coefficient (Wildman–Crippen LogP) is 0.821. The van der Waals surface area contributed by atoms with E-state index in [1.807, 2.05) is 0 Å². The van der Waals surface area contributed by atoms with Gasteiger partial charge < -0.3 is 20.7 Å². The van der Waals surface area contributed by atoms with Crippen LogP contribution in [0, 0.1) is 5.82 Å². The summed E-state index contributed by atoms with van der Waals surface area (Å²) < 4.78 is 82.3. The molecule has 0 bridgehead atoms. The summed E-state index contributed by atoms with van der Waals surface area (Å²) in [7, 11) is -5.44. The highest BCUT2D eigenvalue weighted by Gasteiger charge is 2.38. The van der Waals surface area contributed by atoms with Crippen LogP contribution in [-0.4, -0.2) is 39.2 Å². The lowest BCUT2D eigenvalue weighted by Crippen LogP contribution is -2.37. The van der Waals surface area contributed by atoms with Gasteiger partial charge in [0.25, 0.3) is 0 Å².